The number of phenols is 1. The van der Waals surface area contributed by atoms with Crippen molar-refractivity contribution in [1.82, 2.24) is 25.2 Å². The number of rotatable bonds is 6. The molecule has 28 heavy (non-hydrogen) atoms. The van der Waals surface area contributed by atoms with Crippen LogP contribution in [0.15, 0.2) is 47.6 Å². The fraction of sp³-hybridized carbons (Fsp3) is 0.118. The average Bonchev–Trinajstić information content (AvgIpc) is 3.32. The van der Waals surface area contributed by atoms with Crippen LogP contribution in [0.5, 0.6) is 11.5 Å². The highest BCUT2D eigenvalue weighted by Gasteiger charge is 2.13. The summed E-state index contributed by atoms with van der Waals surface area (Å²) in [4.78, 5) is 16.7. The number of aromatic nitrogens is 5. The van der Waals surface area contributed by atoms with Gasteiger partial charge in [0.2, 0.25) is 11.1 Å². The zero-order chi connectivity index (χ0) is 19.5. The van der Waals surface area contributed by atoms with Crippen molar-refractivity contribution >= 4 is 44.4 Å². The molecule has 0 fully saturated rings. The van der Waals surface area contributed by atoms with E-state index in [9.17, 15) is 9.90 Å². The molecule has 2 aromatic carbocycles. The van der Waals surface area contributed by atoms with Crippen LogP contribution in [0.1, 0.15) is 0 Å². The Morgan fingerprint density at radius 1 is 1.29 bits per heavy atom. The summed E-state index contributed by atoms with van der Waals surface area (Å²) < 4.78 is 7.63. The lowest BCUT2D eigenvalue weighted by Crippen LogP contribution is -2.14. The van der Waals surface area contributed by atoms with Crippen molar-refractivity contribution in [2.45, 2.75) is 5.16 Å². The maximum atomic E-state index is 12.3. The molecule has 0 unspecified atom stereocenters. The Bertz CT molecular complexity index is 1130. The van der Waals surface area contributed by atoms with Crippen LogP contribution in [0, 0.1) is 0 Å². The lowest BCUT2D eigenvalue weighted by Gasteiger charge is -2.04. The van der Waals surface area contributed by atoms with E-state index in [1.54, 1.807) is 31.4 Å². The summed E-state index contributed by atoms with van der Waals surface area (Å²) in [5.41, 5.74) is 1.48. The second-order valence-corrected chi connectivity index (χ2v) is 7.55. The minimum atomic E-state index is -0.212. The predicted molar refractivity (Wildman–Crippen MR) is 106 cm³/mol. The molecule has 4 rings (SSSR count). The smallest absolute Gasteiger partial charge is 0.236 e. The molecule has 0 radical (unpaired) electrons. The number of fused-ring (bicyclic) bond motifs is 1. The molecule has 2 heterocycles. The third-order valence-corrected chi connectivity index (χ3v) is 5.56. The topological polar surface area (TPSA) is 115 Å². The maximum Gasteiger partial charge on any atom is 0.236 e. The first kappa shape index (κ1) is 18.2. The van der Waals surface area contributed by atoms with Gasteiger partial charge in [-0.15, -0.1) is 5.10 Å². The molecule has 0 bridgehead atoms. The van der Waals surface area contributed by atoms with Crippen molar-refractivity contribution < 1.29 is 14.6 Å². The summed E-state index contributed by atoms with van der Waals surface area (Å²) in [6.45, 7) is 0. The van der Waals surface area contributed by atoms with Crippen LogP contribution in [-0.2, 0) is 4.79 Å². The number of benzene rings is 2. The number of hydrogen-bond acceptors (Lipinski definition) is 9. The molecule has 0 aliphatic carbocycles. The van der Waals surface area contributed by atoms with E-state index in [4.69, 9.17) is 4.74 Å². The molecule has 0 atom stereocenters. The van der Waals surface area contributed by atoms with Crippen LogP contribution in [0.3, 0.4) is 0 Å². The fourth-order valence-electron chi connectivity index (χ4n) is 2.40. The van der Waals surface area contributed by atoms with E-state index in [1.807, 2.05) is 18.2 Å². The molecule has 2 aromatic heterocycles. The number of carbonyl (C=O) groups is 1. The Morgan fingerprint density at radius 2 is 2.11 bits per heavy atom. The quantitative estimate of drug-likeness (QED) is 0.463. The van der Waals surface area contributed by atoms with Crippen molar-refractivity contribution in [3.8, 4) is 17.2 Å². The Hall–Kier alpha value is -3.18. The van der Waals surface area contributed by atoms with Gasteiger partial charge in [0.1, 0.15) is 11.5 Å². The van der Waals surface area contributed by atoms with Crippen LogP contribution in [0.4, 0.5) is 5.13 Å². The standard InChI is InChI=1S/C17H14N6O3S2/c1-26-12-6-7-13-14(8-12)28-16(18-13)19-15(25)9-27-17-20-21-22-23(17)10-2-4-11(24)5-3-10/h2-8,24H,9H2,1H3,(H,18,19,25). The normalized spacial score (nSPS) is 10.9. The van der Waals surface area contributed by atoms with E-state index in [0.29, 0.717) is 16.0 Å². The third kappa shape index (κ3) is 3.89. The van der Waals surface area contributed by atoms with Gasteiger partial charge < -0.3 is 15.2 Å². The molecule has 0 saturated carbocycles. The number of thioether (sulfide) groups is 1. The summed E-state index contributed by atoms with van der Waals surface area (Å²) in [5, 5.41) is 24.7. The minimum Gasteiger partial charge on any atom is -0.508 e. The van der Waals surface area contributed by atoms with Gasteiger partial charge in [-0.25, -0.2) is 4.98 Å². The van der Waals surface area contributed by atoms with Crippen LogP contribution in [0.2, 0.25) is 0 Å². The number of ether oxygens (including phenoxy) is 1. The fourth-order valence-corrected chi connectivity index (χ4v) is 4.00. The summed E-state index contributed by atoms with van der Waals surface area (Å²) in [6.07, 6.45) is 0. The lowest BCUT2D eigenvalue weighted by molar-refractivity contribution is -0.113. The van der Waals surface area contributed by atoms with Crippen LogP contribution in [-0.4, -0.2) is 49.1 Å². The van der Waals surface area contributed by atoms with E-state index in [2.05, 4.69) is 25.8 Å². The van der Waals surface area contributed by atoms with Crippen LogP contribution in [0.25, 0.3) is 15.9 Å². The van der Waals surface area contributed by atoms with Gasteiger partial charge in [0.15, 0.2) is 5.13 Å². The number of hydrogen-bond donors (Lipinski definition) is 2. The second-order valence-electron chi connectivity index (χ2n) is 5.58. The largest absolute Gasteiger partial charge is 0.508 e. The predicted octanol–water partition coefficient (Wildman–Crippen LogP) is 2.72. The molecular formula is C17H14N6O3S2. The number of nitrogens with one attached hydrogen (secondary N) is 1. The van der Waals surface area contributed by atoms with Gasteiger partial charge in [0, 0.05) is 0 Å². The number of aromatic hydroxyl groups is 1. The third-order valence-electron chi connectivity index (χ3n) is 3.71. The van der Waals surface area contributed by atoms with Crippen molar-refractivity contribution in [3.05, 3.63) is 42.5 Å². The maximum absolute atomic E-state index is 12.3. The Labute approximate surface area is 167 Å². The lowest BCUT2D eigenvalue weighted by atomic mass is 10.3. The summed E-state index contributed by atoms with van der Waals surface area (Å²) in [6, 6.07) is 12.0. The zero-order valence-electron chi connectivity index (χ0n) is 14.6. The zero-order valence-corrected chi connectivity index (χ0v) is 16.2. The number of phenolic OH excluding ortho intramolecular Hbond substituents is 1. The monoisotopic (exact) mass is 414 g/mol. The highest BCUT2D eigenvalue weighted by atomic mass is 32.2. The minimum absolute atomic E-state index is 0.123. The van der Waals surface area contributed by atoms with Gasteiger partial charge in [-0.3, -0.25) is 4.79 Å². The Balaban J connectivity index is 1.41. The highest BCUT2D eigenvalue weighted by molar-refractivity contribution is 7.99. The molecule has 0 saturated heterocycles. The van der Waals surface area contributed by atoms with Crippen molar-refractivity contribution in [1.29, 1.82) is 0 Å². The SMILES string of the molecule is COc1ccc2nc(NC(=O)CSc3nnnn3-c3ccc(O)cc3)sc2c1. The molecular weight excluding hydrogens is 400 g/mol. The van der Waals surface area contributed by atoms with Crippen molar-refractivity contribution in [2.75, 3.05) is 18.2 Å². The van der Waals surface area contributed by atoms with Gasteiger partial charge in [0.25, 0.3) is 0 Å². The molecule has 9 nitrogen and oxygen atoms in total. The summed E-state index contributed by atoms with van der Waals surface area (Å²) >= 11 is 2.58. The number of carbonyl (C=O) groups excluding carboxylic acids is 1. The van der Waals surface area contributed by atoms with Gasteiger partial charge in [-0.1, -0.05) is 23.1 Å². The van der Waals surface area contributed by atoms with E-state index in [1.165, 1.54) is 27.8 Å². The highest BCUT2D eigenvalue weighted by Crippen LogP contribution is 2.29. The number of nitrogens with zero attached hydrogens (tertiary/aromatic N) is 5. The molecule has 4 aromatic rings. The Morgan fingerprint density at radius 3 is 2.89 bits per heavy atom. The average molecular weight is 414 g/mol. The van der Waals surface area contributed by atoms with Crippen molar-refractivity contribution in [2.24, 2.45) is 0 Å². The number of thiazole rings is 1. The number of amides is 1. The van der Waals surface area contributed by atoms with Gasteiger partial charge in [-0.05, 0) is 52.9 Å². The number of tetrazole rings is 1. The van der Waals surface area contributed by atoms with Gasteiger partial charge in [-0.2, -0.15) is 4.68 Å². The van der Waals surface area contributed by atoms with Crippen LogP contribution >= 0.6 is 23.1 Å². The second kappa shape index (κ2) is 7.82. The molecule has 0 aliphatic heterocycles. The van der Waals surface area contributed by atoms with Gasteiger partial charge >= 0.3 is 0 Å². The van der Waals surface area contributed by atoms with E-state index in [0.717, 1.165) is 16.0 Å². The molecule has 0 spiro atoms. The van der Waals surface area contributed by atoms with E-state index < -0.39 is 0 Å². The Kier molecular flexibility index (Phi) is 5.08. The molecule has 1 amide bonds. The molecule has 11 heteroatoms. The first-order valence-corrected chi connectivity index (χ1v) is 9.87. The summed E-state index contributed by atoms with van der Waals surface area (Å²) in [7, 11) is 1.61. The first-order chi connectivity index (χ1) is 13.6. The van der Waals surface area contributed by atoms with E-state index in [-0.39, 0.29) is 17.4 Å². The van der Waals surface area contributed by atoms with Gasteiger partial charge in [0.05, 0.1) is 28.8 Å². The van der Waals surface area contributed by atoms with E-state index >= 15 is 0 Å². The van der Waals surface area contributed by atoms with Crippen molar-refractivity contribution in [3.63, 3.8) is 0 Å². The molecule has 142 valence electrons. The van der Waals surface area contributed by atoms with Crippen LogP contribution < -0.4 is 10.1 Å². The molecule has 2 N–H and O–H groups in total. The molecule has 0 aliphatic rings. The summed E-state index contributed by atoms with van der Waals surface area (Å²) in [5.74, 6) is 0.804. The number of methoxy groups -OCH3 is 1. The number of anilines is 1. The first-order valence-electron chi connectivity index (χ1n) is 8.07.